The smallest absolute Gasteiger partial charge is 0.195 e. The van der Waals surface area contributed by atoms with E-state index in [2.05, 4.69) is 14.8 Å². The van der Waals surface area contributed by atoms with Gasteiger partial charge in [-0.2, -0.15) is 0 Å². The van der Waals surface area contributed by atoms with Crippen LogP contribution in [0.3, 0.4) is 0 Å². The number of carbonyl (C=O) groups is 1. The second-order valence-corrected chi connectivity index (χ2v) is 8.99. The average molecular weight is 454 g/mol. The van der Waals surface area contributed by atoms with E-state index in [1.807, 2.05) is 43.3 Å². The van der Waals surface area contributed by atoms with Crippen molar-refractivity contribution in [1.29, 1.82) is 0 Å². The molecule has 32 heavy (non-hydrogen) atoms. The number of rotatable bonds is 5. The largest absolute Gasteiger partial charge is 0.497 e. The fourth-order valence-corrected chi connectivity index (χ4v) is 5.22. The Morgan fingerprint density at radius 1 is 1.22 bits per heavy atom. The number of ether oxygens (including phenoxy) is 2. The van der Waals surface area contributed by atoms with Gasteiger partial charge < -0.3 is 19.4 Å². The molecule has 1 atom stereocenters. The maximum atomic E-state index is 13.6. The molecule has 1 aromatic heterocycles. The van der Waals surface area contributed by atoms with Crippen LogP contribution in [-0.2, 0) is 0 Å². The van der Waals surface area contributed by atoms with Crippen LogP contribution in [0.5, 0.6) is 11.5 Å². The lowest BCUT2D eigenvalue weighted by atomic mass is 10.0. The standard InChI is InChI=1S/C25H28ClN3O3/c1-16-23(25(30)17-4-6-20(31-2)7-5-17)21-12-18(26)13-22-24(21)29(16)19(15-32-22)14-28-10-3-8-27-9-11-28/h4-7,12-13,19,27H,3,8-11,14-15H2,1-2H3. The lowest BCUT2D eigenvalue weighted by Gasteiger charge is -2.32. The summed E-state index contributed by atoms with van der Waals surface area (Å²) in [6, 6.07) is 11.1. The number of ketones is 1. The number of hydrogen-bond donors (Lipinski definition) is 1. The molecule has 6 nitrogen and oxygen atoms in total. The average Bonchev–Trinajstić information content (AvgIpc) is 2.95. The van der Waals surface area contributed by atoms with E-state index in [4.69, 9.17) is 21.1 Å². The van der Waals surface area contributed by atoms with Gasteiger partial charge in [0.1, 0.15) is 18.1 Å². The molecule has 0 amide bonds. The summed E-state index contributed by atoms with van der Waals surface area (Å²) in [5, 5.41) is 4.89. The van der Waals surface area contributed by atoms with E-state index in [1.165, 1.54) is 0 Å². The number of halogens is 1. The van der Waals surface area contributed by atoms with Gasteiger partial charge in [0.25, 0.3) is 0 Å². The minimum absolute atomic E-state index is 0.0123. The van der Waals surface area contributed by atoms with E-state index >= 15 is 0 Å². The topological polar surface area (TPSA) is 55.7 Å². The van der Waals surface area contributed by atoms with Gasteiger partial charge in [-0.25, -0.2) is 0 Å². The lowest BCUT2D eigenvalue weighted by molar-refractivity contribution is 0.103. The highest BCUT2D eigenvalue weighted by molar-refractivity contribution is 6.32. The summed E-state index contributed by atoms with van der Waals surface area (Å²) in [4.78, 5) is 16.1. The Kier molecular flexibility index (Phi) is 5.84. The highest BCUT2D eigenvalue weighted by Crippen LogP contribution is 2.41. The van der Waals surface area contributed by atoms with Gasteiger partial charge in [-0.05, 0) is 56.8 Å². The molecule has 2 aromatic carbocycles. The first-order chi connectivity index (χ1) is 15.6. The summed E-state index contributed by atoms with van der Waals surface area (Å²) in [5.74, 6) is 1.46. The fourth-order valence-electron chi connectivity index (χ4n) is 5.01. The third kappa shape index (κ3) is 3.76. The van der Waals surface area contributed by atoms with Crippen LogP contribution in [0.2, 0.25) is 5.02 Å². The molecule has 3 aromatic rings. The van der Waals surface area contributed by atoms with Crippen LogP contribution in [0.15, 0.2) is 36.4 Å². The molecular weight excluding hydrogens is 426 g/mol. The third-order valence-electron chi connectivity index (χ3n) is 6.55. The summed E-state index contributed by atoms with van der Waals surface area (Å²) >= 11 is 6.43. The summed E-state index contributed by atoms with van der Waals surface area (Å²) < 4.78 is 13.7. The Labute approximate surface area is 193 Å². The molecular formula is C25H28ClN3O3. The molecule has 0 saturated carbocycles. The first-order valence-electron chi connectivity index (χ1n) is 11.2. The van der Waals surface area contributed by atoms with Crippen LogP contribution in [-0.4, -0.2) is 61.7 Å². The predicted molar refractivity (Wildman–Crippen MR) is 127 cm³/mol. The quantitative estimate of drug-likeness (QED) is 0.590. The van der Waals surface area contributed by atoms with E-state index in [0.29, 0.717) is 22.8 Å². The highest BCUT2D eigenvalue weighted by Gasteiger charge is 2.31. The van der Waals surface area contributed by atoms with Crippen LogP contribution in [0.4, 0.5) is 0 Å². The third-order valence-corrected chi connectivity index (χ3v) is 6.77. The van der Waals surface area contributed by atoms with Gasteiger partial charge in [0.2, 0.25) is 0 Å². The van der Waals surface area contributed by atoms with Crippen LogP contribution in [0.25, 0.3) is 10.9 Å². The molecule has 168 valence electrons. The molecule has 0 aliphatic carbocycles. The van der Waals surface area contributed by atoms with Gasteiger partial charge in [-0.15, -0.1) is 0 Å². The first kappa shape index (κ1) is 21.3. The molecule has 5 rings (SSSR count). The zero-order valence-electron chi connectivity index (χ0n) is 18.5. The Morgan fingerprint density at radius 2 is 2.03 bits per heavy atom. The number of methoxy groups -OCH3 is 1. The number of benzene rings is 2. The van der Waals surface area contributed by atoms with Gasteiger partial charge in [0, 0.05) is 47.4 Å². The van der Waals surface area contributed by atoms with Crippen molar-refractivity contribution in [2.75, 3.05) is 46.4 Å². The summed E-state index contributed by atoms with van der Waals surface area (Å²) in [7, 11) is 1.62. The molecule has 7 heteroatoms. The van der Waals surface area contributed by atoms with Crippen molar-refractivity contribution in [1.82, 2.24) is 14.8 Å². The summed E-state index contributed by atoms with van der Waals surface area (Å²) in [6.07, 6.45) is 1.14. The summed E-state index contributed by atoms with van der Waals surface area (Å²) in [5.41, 5.74) is 3.25. The van der Waals surface area contributed by atoms with Crippen molar-refractivity contribution in [3.05, 3.63) is 58.2 Å². The van der Waals surface area contributed by atoms with Crippen molar-refractivity contribution in [3.63, 3.8) is 0 Å². The number of aromatic nitrogens is 1. The van der Waals surface area contributed by atoms with Crippen molar-refractivity contribution in [2.24, 2.45) is 0 Å². The lowest BCUT2D eigenvalue weighted by Crippen LogP contribution is -2.37. The van der Waals surface area contributed by atoms with Crippen molar-refractivity contribution >= 4 is 28.3 Å². The highest BCUT2D eigenvalue weighted by atomic mass is 35.5. The second kappa shape index (κ2) is 8.77. The molecule has 2 aliphatic heterocycles. The molecule has 1 fully saturated rings. The van der Waals surface area contributed by atoms with Gasteiger partial charge >= 0.3 is 0 Å². The minimum atomic E-state index is -0.0123. The van der Waals surface area contributed by atoms with Crippen LogP contribution in [0.1, 0.15) is 34.1 Å². The van der Waals surface area contributed by atoms with E-state index in [1.54, 1.807) is 7.11 Å². The van der Waals surface area contributed by atoms with Gasteiger partial charge in [0.15, 0.2) is 5.78 Å². The molecule has 1 N–H and O–H groups in total. The van der Waals surface area contributed by atoms with Crippen LogP contribution >= 0.6 is 11.6 Å². The number of hydrogen-bond acceptors (Lipinski definition) is 5. The van der Waals surface area contributed by atoms with Crippen LogP contribution in [0, 0.1) is 6.92 Å². The van der Waals surface area contributed by atoms with Gasteiger partial charge in [-0.3, -0.25) is 9.69 Å². The van der Waals surface area contributed by atoms with Crippen molar-refractivity contribution < 1.29 is 14.3 Å². The Morgan fingerprint density at radius 3 is 2.81 bits per heavy atom. The fraction of sp³-hybridized carbons (Fsp3) is 0.400. The molecule has 1 unspecified atom stereocenters. The van der Waals surface area contributed by atoms with Gasteiger partial charge in [-0.1, -0.05) is 11.6 Å². The normalized spacial score (nSPS) is 18.9. The van der Waals surface area contributed by atoms with E-state index in [-0.39, 0.29) is 11.8 Å². The molecule has 0 radical (unpaired) electrons. The van der Waals surface area contributed by atoms with Gasteiger partial charge in [0.05, 0.1) is 24.2 Å². The molecule has 2 aliphatic rings. The molecule has 0 bridgehead atoms. The monoisotopic (exact) mass is 453 g/mol. The maximum absolute atomic E-state index is 13.6. The van der Waals surface area contributed by atoms with Crippen molar-refractivity contribution in [2.45, 2.75) is 19.4 Å². The Hall–Kier alpha value is -2.54. The molecule has 3 heterocycles. The second-order valence-electron chi connectivity index (χ2n) is 8.56. The SMILES string of the molecule is COc1ccc(C(=O)c2c(C)n3c4c(cc(Cl)cc24)OCC3CN2CCCNCC2)cc1. The first-order valence-corrected chi connectivity index (χ1v) is 11.5. The Bertz CT molecular complexity index is 1150. The van der Waals surface area contributed by atoms with Crippen LogP contribution < -0.4 is 14.8 Å². The van der Waals surface area contributed by atoms with E-state index in [9.17, 15) is 4.79 Å². The zero-order valence-corrected chi connectivity index (χ0v) is 19.2. The van der Waals surface area contributed by atoms with Crippen molar-refractivity contribution in [3.8, 4) is 11.5 Å². The minimum Gasteiger partial charge on any atom is -0.497 e. The van der Waals surface area contributed by atoms with E-state index in [0.717, 1.165) is 67.2 Å². The number of nitrogens with zero attached hydrogens (tertiary/aromatic N) is 2. The molecule has 1 saturated heterocycles. The Balaban J connectivity index is 1.59. The number of carbonyl (C=O) groups excluding carboxylic acids is 1. The zero-order chi connectivity index (χ0) is 22.2. The maximum Gasteiger partial charge on any atom is 0.195 e. The molecule has 0 spiro atoms. The number of nitrogens with one attached hydrogen (secondary N) is 1. The van der Waals surface area contributed by atoms with E-state index < -0.39 is 0 Å². The summed E-state index contributed by atoms with van der Waals surface area (Å²) in [6.45, 7) is 7.65. The predicted octanol–water partition coefficient (Wildman–Crippen LogP) is 4.07.